The molecular weight excluding hydrogens is 440 g/mol. The van der Waals surface area contributed by atoms with E-state index in [2.05, 4.69) is 38.4 Å². The van der Waals surface area contributed by atoms with Crippen LogP contribution >= 0.6 is 0 Å². The molecule has 184 valence electrons. The maximum absolute atomic E-state index is 13.5. The molecule has 2 amide bonds. The highest BCUT2D eigenvalue weighted by Gasteiger charge is 2.28. The quantitative estimate of drug-likeness (QED) is 0.609. The first-order chi connectivity index (χ1) is 17.1. The van der Waals surface area contributed by atoms with Crippen LogP contribution in [-0.4, -0.2) is 68.0 Å². The fourth-order valence-electron chi connectivity index (χ4n) is 5.66. The van der Waals surface area contributed by atoms with Gasteiger partial charge in [-0.2, -0.15) is 5.10 Å². The number of benzene rings is 1. The zero-order valence-electron chi connectivity index (χ0n) is 20.4. The monoisotopic (exact) mass is 474 g/mol. The van der Waals surface area contributed by atoms with E-state index in [0.29, 0.717) is 24.0 Å². The number of rotatable bonds is 5. The van der Waals surface area contributed by atoms with Crippen molar-refractivity contribution in [2.75, 3.05) is 26.2 Å². The molecule has 2 fully saturated rings. The van der Waals surface area contributed by atoms with Gasteiger partial charge < -0.3 is 9.80 Å². The first-order valence-corrected chi connectivity index (χ1v) is 12.8. The summed E-state index contributed by atoms with van der Waals surface area (Å²) >= 11 is 0. The second-order valence-corrected chi connectivity index (χ2v) is 10.1. The van der Waals surface area contributed by atoms with E-state index in [-0.39, 0.29) is 11.8 Å². The molecule has 2 aliphatic rings. The minimum Gasteiger partial charge on any atom is -0.343 e. The van der Waals surface area contributed by atoms with Crippen molar-refractivity contribution in [2.24, 2.45) is 11.8 Å². The fourth-order valence-corrected chi connectivity index (χ4v) is 5.66. The Bertz CT molecular complexity index is 1190. The molecule has 5 rings (SSSR count). The Hall–Kier alpha value is -3.29. The highest BCUT2D eigenvalue weighted by atomic mass is 16.2. The summed E-state index contributed by atoms with van der Waals surface area (Å²) in [6.45, 7) is 4.68. The summed E-state index contributed by atoms with van der Waals surface area (Å²) in [5.41, 5.74) is 3.64. The molecular formula is C27H34N6O2. The lowest BCUT2D eigenvalue weighted by atomic mass is 9.92. The van der Waals surface area contributed by atoms with Crippen LogP contribution in [0.5, 0.6) is 0 Å². The predicted molar refractivity (Wildman–Crippen MR) is 134 cm³/mol. The van der Waals surface area contributed by atoms with Gasteiger partial charge >= 0.3 is 0 Å². The number of hydrogen-bond donors (Lipinski definition) is 1. The third kappa shape index (κ3) is 5.52. The number of piperidine rings is 1. The lowest BCUT2D eigenvalue weighted by molar-refractivity contribution is -0.130. The summed E-state index contributed by atoms with van der Waals surface area (Å²) in [6.07, 6.45) is 12.0. The standard InChI is InChI=1S/C27H34N6O2/c1-19(34)33-12-3-5-22(18-33)16-25-26(29-10-9-28-25)27(35)32-11-2-4-20(8-13-32)14-21-6-7-24-23(15-21)17-30-31-24/h6-7,9-10,15,17,20,22H,2-5,8,11-14,16,18H2,1H3,(H,30,31)/t20-,22-/m0/s1. The average Bonchev–Trinajstić information content (AvgIpc) is 3.21. The smallest absolute Gasteiger partial charge is 0.274 e. The molecule has 0 radical (unpaired) electrons. The molecule has 2 aromatic heterocycles. The first-order valence-electron chi connectivity index (χ1n) is 12.8. The second-order valence-electron chi connectivity index (χ2n) is 10.1. The van der Waals surface area contributed by atoms with Crippen molar-refractivity contribution < 1.29 is 9.59 Å². The van der Waals surface area contributed by atoms with Crippen LogP contribution in [-0.2, 0) is 17.6 Å². The highest BCUT2D eigenvalue weighted by Crippen LogP contribution is 2.26. The number of fused-ring (bicyclic) bond motifs is 1. The minimum atomic E-state index is -0.00667. The first kappa shape index (κ1) is 23.5. The lowest BCUT2D eigenvalue weighted by Gasteiger charge is -2.32. The zero-order valence-corrected chi connectivity index (χ0v) is 20.4. The van der Waals surface area contributed by atoms with Crippen molar-refractivity contribution in [1.82, 2.24) is 30.0 Å². The molecule has 2 saturated heterocycles. The molecule has 0 bridgehead atoms. The molecule has 1 aromatic carbocycles. The SMILES string of the molecule is CC(=O)N1CCC[C@@H](Cc2nccnc2C(=O)N2CCC[C@H](Cc3ccc4[nH]ncc4c3)CC2)C1. The molecule has 1 N–H and O–H groups in total. The lowest BCUT2D eigenvalue weighted by Crippen LogP contribution is -2.39. The van der Waals surface area contributed by atoms with Crippen LogP contribution in [0.3, 0.4) is 0 Å². The van der Waals surface area contributed by atoms with Crippen LogP contribution in [0.2, 0.25) is 0 Å². The van der Waals surface area contributed by atoms with Crippen LogP contribution in [0.25, 0.3) is 10.9 Å². The number of H-pyrrole nitrogens is 1. The van der Waals surface area contributed by atoms with Crippen molar-refractivity contribution in [3.8, 4) is 0 Å². The molecule has 3 aromatic rings. The van der Waals surface area contributed by atoms with E-state index >= 15 is 0 Å². The molecule has 2 atom stereocenters. The summed E-state index contributed by atoms with van der Waals surface area (Å²) in [5.74, 6) is 0.983. The Morgan fingerprint density at radius 1 is 0.971 bits per heavy atom. The molecule has 0 aliphatic carbocycles. The Morgan fingerprint density at radius 3 is 2.63 bits per heavy atom. The van der Waals surface area contributed by atoms with Gasteiger partial charge in [0, 0.05) is 50.9 Å². The summed E-state index contributed by atoms with van der Waals surface area (Å²) in [6, 6.07) is 6.50. The third-order valence-electron chi connectivity index (χ3n) is 7.59. The molecule has 0 spiro atoms. The van der Waals surface area contributed by atoms with Crippen molar-refractivity contribution in [3.63, 3.8) is 0 Å². The maximum Gasteiger partial charge on any atom is 0.274 e. The number of hydrogen-bond acceptors (Lipinski definition) is 5. The molecule has 8 heteroatoms. The number of nitrogens with zero attached hydrogens (tertiary/aromatic N) is 5. The average molecular weight is 475 g/mol. The van der Waals surface area contributed by atoms with Gasteiger partial charge in [-0.3, -0.25) is 19.7 Å². The number of aromatic amines is 1. The third-order valence-corrected chi connectivity index (χ3v) is 7.59. The summed E-state index contributed by atoms with van der Waals surface area (Å²) in [5, 5.41) is 8.27. The van der Waals surface area contributed by atoms with Gasteiger partial charge in [0.05, 0.1) is 17.4 Å². The molecule has 8 nitrogen and oxygen atoms in total. The van der Waals surface area contributed by atoms with Gasteiger partial charge in [0.15, 0.2) is 0 Å². The number of amides is 2. The summed E-state index contributed by atoms with van der Waals surface area (Å²) < 4.78 is 0. The van der Waals surface area contributed by atoms with Crippen molar-refractivity contribution in [2.45, 2.75) is 51.9 Å². The molecule has 0 unspecified atom stereocenters. The van der Waals surface area contributed by atoms with E-state index in [9.17, 15) is 9.59 Å². The van der Waals surface area contributed by atoms with Crippen molar-refractivity contribution >= 4 is 22.7 Å². The minimum absolute atomic E-state index is 0.00667. The number of aromatic nitrogens is 4. The largest absolute Gasteiger partial charge is 0.343 e. The Balaban J connectivity index is 1.22. The van der Waals surface area contributed by atoms with Crippen molar-refractivity contribution in [1.29, 1.82) is 0 Å². The molecule has 0 saturated carbocycles. The van der Waals surface area contributed by atoms with Gasteiger partial charge in [-0.15, -0.1) is 0 Å². The summed E-state index contributed by atoms with van der Waals surface area (Å²) in [4.78, 5) is 38.2. The van der Waals surface area contributed by atoms with Gasteiger partial charge in [-0.1, -0.05) is 6.07 Å². The number of nitrogens with one attached hydrogen (secondary N) is 1. The Kier molecular flexibility index (Phi) is 7.06. The van der Waals surface area contributed by atoms with Gasteiger partial charge in [-0.05, 0) is 74.5 Å². The van der Waals surface area contributed by atoms with Gasteiger partial charge in [-0.25, -0.2) is 4.98 Å². The zero-order chi connectivity index (χ0) is 24.2. The van der Waals surface area contributed by atoms with E-state index < -0.39 is 0 Å². The second kappa shape index (κ2) is 10.5. The Labute approximate surface area is 206 Å². The number of carbonyl (C=O) groups is 2. The molecule has 35 heavy (non-hydrogen) atoms. The van der Waals surface area contributed by atoms with E-state index in [0.717, 1.165) is 81.3 Å². The van der Waals surface area contributed by atoms with Crippen LogP contribution in [0.1, 0.15) is 60.8 Å². The summed E-state index contributed by atoms with van der Waals surface area (Å²) in [7, 11) is 0. The predicted octanol–water partition coefficient (Wildman–Crippen LogP) is 3.64. The molecule has 4 heterocycles. The van der Waals surface area contributed by atoms with E-state index in [4.69, 9.17) is 0 Å². The number of carbonyl (C=O) groups excluding carboxylic acids is 2. The highest BCUT2D eigenvalue weighted by molar-refractivity contribution is 5.93. The van der Waals surface area contributed by atoms with E-state index in [1.807, 2.05) is 16.0 Å². The van der Waals surface area contributed by atoms with E-state index in [1.165, 1.54) is 5.56 Å². The molecule has 2 aliphatic heterocycles. The van der Waals surface area contributed by atoms with Crippen LogP contribution in [0.4, 0.5) is 0 Å². The van der Waals surface area contributed by atoms with Crippen LogP contribution < -0.4 is 0 Å². The van der Waals surface area contributed by atoms with Gasteiger partial charge in [0.2, 0.25) is 5.91 Å². The van der Waals surface area contributed by atoms with Crippen LogP contribution in [0.15, 0.2) is 36.8 Å². The Morgan fingerprint density at radius 2 is 1.77 bits per heavy atom. The van der Waals surface area contributed by atoms with Gasteiger partial charge in [0.25, 0.3) is 5.91 Å². The normalized spacial score (nSPS) is 21.2. The number of likely N-dealkylation sites (tertiary alicyclic amines) is 2. The fraction of sp³-hybridized carbons (Fsp3) is 0.519. The van der Waals surface area contributed by atoms with E-state index in [1.54, 1.807) is 19.3 Å². The van der Waals surface area contributed by atoms with Gasteiger partial charge in [0.1, 0.15) is 5.69 Å². The topological polar surface area (TPSA) is 95.1 Å². The maximum atomic E-state index is 13.5. The van der Waals surface area contributed by atoms with Crippen LogP contribution in [0, 0.1) is 11.8 Å². The van der Waals surface area contributed by atoms with Crippen molar-refractivity contribution in [3.05, 3.63) is 53.7 Å².